The third-order valence-corrected chi connectivity index (χ3v) is 0.400. The summed E-state index contributed by atoms with van der Waals surface area (Å²) in [5, 5.41) is 7.76. The maximum absolute atomic E-state index is 9.51. The van der Waals surface area contributed by atoms with Gasteiger partial charge in [-0.1, -0.05) is 0 Å². The van der Waals surface area contributed by atoms with Crippen LogP contribution < -0.4 is 0 Å². The van der Waals surface area contributed by atoms with E-state index in [1.807, 2.05) is 0 Å². The molecule has 0 unspecified atom stereocenters. The van der Waals surface area contributed by atoms with Gasteiger partial charge in [-0.3, -0.25) is 0 Å². The summed E-state index contributed by atoms with van der Waals surface area (Å²) in [4.78, 5) is 9.51. The fraction of sp³-hybridized carbons (Fsp3) is 0.500. The van der Waals surface area contributed by atoms with Crippen LogP contribution in [-0.4, -0.2) is 32.4 Å². The van der Waals surface area contributed by atoms with Gasteiger partial charge in [-0.05, 0) is 0 Å². The summed E-state index contributed by atoms with van der Waals surface area (Å²) < 4.78 is -0.315. The van der Waals surface area contributed by atoms with Crippen LogP contribution in [0.4, 0.5) is 0 Å². The van der Waals surface area contributed by atoms with E-state index in [9.17, 15) is 4.79 Å². The number of carbonyl (C=O) groups excluding carboxylic acids is 1. The fourth-order valence-corrected chi connectivity index (χ4v) is 0. The van der Waals surface area contributed by atoms with Crippen molar-refractivity contribution in [3.05, 3.63) is 0 Å². The Morgan fingerprint density at radius 3 is 2.20 bits per heavy atom. The van der Waals surface area contributed by atoms with Gasteiger partial charge in [0.2, 0.25) is 0 Å². The molecule has 0 heterocycles. The molecule has 0 aliphatic rings. The van der Waals surface area contributed by atoms with Crippen LogP contribution in [0.2, 0.25) is 0 Å². The summed E-state index contributed by atoms with van der Waals surface area (Å²) in [5.74, 6) is 0. The first kappa shape index (κ1) is 5.15. The Balaban J connectivity index is 2.85. The van der Waals surface area contributed by atoms with E-state index in [1.54, 1.807) is 0 Å². The minimum absolute atomic E-state index is 0.315. The van der Waals surface area contributed by atoms with Crippen LogP contribution in [0.25, 0.3) is 0 Å². The molecule has 29 valence electrons. The molecule has 1 radical (unpaired) electrons. The van der Waals surface area contributed by atoms with Crippen LogP contribution in [0.3, 0.4) is 0 Å². The molecular formula is C2H3O2Se. The molecule has 0 amide bonds. The maximum atomic E-state index is 9.51. The summed E-state index contributed by atoms with van der Waals surface area (Å²) >= 11 is 2.10. The van der Waals surface area contributed by atoms with E-state index in [-0.39, 0.29) is 11.3 Å². The average Bonchev–Trinajstić information content (AvgIpc) is 1.38. The Morgan fingerprint density at radius 1 is 2.00 bits per heavy atom. The second-order valence-electron chi connectivity index (χ2n) is 0.530. The summed E-state index contributed by atoms with van der Waals surface area (Å²) in [6.45, 7) is -0.389. The quantitative estimate of drug-likeness (QED) is 0.456. The van der Waals surface area contributed by atoms with Crippen molar-refractivity contribution < 1.29 is 9.90 Å². The van der Waals surface area contributed by atoms with E-state index >= 15 is 0 Å². The molecule has 0 aromatic rings. The van der Waals surface area contributed by atoms with Crippen molar-refractivity contribution in [2.45, 2.75) is 0 Å². The zero-order valence-electron chi connectivity index (χ0n) is 2.47. The van der Waals surface area contributed by atoms with E-state index in [1.165, 1.54) is 0 Å². The predicted octanol–water partition coefficient (Wildman–Crippen LogP) is -1.33. The standard InChI is InChI=1S/C2H3O2Se/c3-1-2(4)5/h3H,1H2. The molecule has 0 rings (SSSR count). The first-order chi connectivity index (χ1) is 2.27. The van der Waals surface area contributed by atoms with Crippen molar-refractivity contribution >= 4 is 20.7 Å². The van der Waals surface area contributed by atoms with Gasteiger partial charge in [0.05, 0.1) is 0 Å². The molecule has 0 bridgehead atoms. The molecule has 0 saturated heterocycles. The number of aliphatic hydroxyl groups is 1. The molecule has 1 N–H and O–H groups in total. The Labute approximate surface area is 38.0 Å². The van der Waals surface area contributed by atoms with Crippen LogP contribution in [0.15, 0.2) is 0 Å². The van der Waals surface area contributed by atoms with Crippen molar-refractivity contribution in [1.82, 2.24) is 0 Å². The van der Waals surface area contributed by atoms with Crippen molar-refractivity contribution in [2.24, 2.45) is 0 Å². The van der Waals surface area contributed by atoms with Gasteiger partial charge in [-0.25, -0.2) is 0 Å². The van der Waals surface area contributed by atoms with Gasteiger partial charge in [0.15, 0.2) is 0 Å². The fourth-order valence-electron chi connectivity index (χ4n) is 0. The van der Waals surface area contributed by atoms with Crippen LogP contribution in [-0.2, 0) is 4.79 Å². The summed E-state index contributed by atoms with van der Waals surface area (Å²) in [7, 11) is 0. The van der Waals surface area contributed by atoms with Gasteiger partial charge in [0.25, 0.3) is 0 Å². The molecule has 0 saturated carbocycles. The first-order valence-corrected chi connectivity index (χ1v) is 1.93. The topological polar surface area (TPSA) is 37.3 Å². The van der Waals surface area contributed by atoms with Crippen molar-refractivity contribution in [2.75, 3.05) is 6.61 Å². The monoisotopic (exact) mass is 139 g/mol. The zero-order valence-corrected chi connectivity index (χ0v) is 4.18. The molecule has 0 fully saturated rings. The molecule has 0 aliphatic carbocycles. The summed E-state index contributed by atoms with van der Waals surface area (Å²) in [6, 6.07) is 0. The summed E-state index contributed by atoms with van der Waals surface area (Å²) in [5.41, 5.74) is 0. The molecule has 0 spiro atoms. The molecule has 0 aliphatic heterocycles. The molecule has 0 aromatic carbocycles. The number of carbonyl (C=O) groups is 1. The Hall–Kier alpha value is 0.149. The number of hydrogen-bond donors (Lipinski definition) is 1. The van der Waals surface area contributed by atoms with Gasteiger partial charge < -0.3 is 0 Å². The number of aliphatic hydroxyl groups excluding tert-OH is 1. The van der Waals surface area contributed by atoms with E-state index in [0.717, 1.165) is 0 Å². The van der Waals surface area contributed by atoms with Gasteiger partial charge in [0, 0.05) is 0 Å². The van der Waals surface area contributed by atoms with E-state index < -0.39 is 0 Å². The molecule has 0 aromatic heterocycles. The van der Waals surface area contributed by atoms with Crippen LogP contribution in [0.1, 0.15) is 0 Å². The van der Waals surface area contributed by atoms with Crippen molar-refractivity contribution in [3.63, 3.8) is 0 Å². The minimum atomic E-state index is -0.389. The third kappa shape index (κ3) is 4.15. The first-order valence-electron chi connectivity index (χ1n) is 1.08. The molecular weight excluding hydrogens is 135 g/mol. The van der Waals surface area contributed by atoms with Gasteiger partial charge in [0.1, 0.15) is 0 Å². The molecule has 2 nitrogen and oxygen atoms in total. The second kappa shape index (κ2) is 2.39. The predicted molar refractivity (Wildman–Crippen MR) is 17.8 cm³/mol. The zero-order chi connectivity index (χ0) is 4.28. The van der Waals surface area contributed by atoms with Crippen LogP contribution in [0, 0.1) is 0 Å². The van der Waals surface area contributed by atoms with Crippen LogP contribution >= 0.6 is 0 Å². The van der Waals surface area contributed by atoms with Gasteiger partial charge in [-0.2, -0.15) is 0 Å². The average molecular weight is 138 g/mol. The van der Waals surface area contributed by atoms with Gasteiger partial charge in [-0.15, -0.1) is 0 Å². The third-order valence-electron chi connectivity index (χ3n) is 0.129. The van der Waals surface area contributed by atoms with Crippen molar-refractivity contribution in [1.29, 1.82) is 0 Å². The van der Waals surface area contributed by atoms with E-state index in [0.29, 0.717) is 0 Å². The molecule has 0 atom stereocenters. The molecule has 5 heavy (non-hydrogen) atoms. The summed E-state index contributed by atoms with van der Waals surface area (Å²) in [6.07, 6.45) is 0. The van der Waals surface area contributed by atoms with E-state index in [2.05, 4.69) is 16.0 Å². The number of rotatable bonds is 1. The Kier molecular flexibility index (Phi) is 2.46. The van der Waals surface area contributed by atoms with E-state index in [4.69, 9.17) is 5.11 Å². The Morgan fingerprint density at radius 2 is 2.20 bits per heavy atom. The van der Waals surface area contributed by atoms with Crippen molar-refractivity contribution in [3.8, 4) is 0 Å². The normalized spacial score (nSPS) is 7.40. The number of hydrogen-bond acceptors (Lipinski definition) is 2. The molecule has 3 heteroatoms. The second-order valence-corrected chi connectivity index (χ2v) is 1.49. The Bertz CT molecular complexity index is 42.9. The van der Waals surface area contributed by atoms with Crippen LogP contribution in [0.5, 0.6) is 0 Å². The van der Waals surface area contributed by atoms with Gasteiger partial charge >= 0.3 is 37.2 Å². The SMILES string of the molecule is O=C([Se])CO.